The third-order valence-electron chi connectivity index (χ3n) is 18.8. The number of carboxylic acid groups (broad SMARTS) is 4. The molecule has 0 aliphatic carbocycles. The van der Waals surface area contributed by atoms with Crippen molar-refractivity contribution in [3.8, 4) is 0 Å². The molecule has 43 N–H and O–H groups in total. The summed E-state index contributed by atoms with van der Waals surface area (Å²) in [7, 11) is -5.32. The second-order valence-corrected chi connectivity index (χ2v) is 30.4. The first kappa shape index (κ1) is 117. The minimum Gasteiger partial charge on any atom is -0.480 e. The number of nitrogens with one attached hydrogen (secondary N) is 8. The highest BCUT2D eigenvalue weighted by Crippen LogP contribution is 2.35. The highest BCUT2D eigenvalue weighted by atomic mass is 31.2. The monoisotopic (exact) mass is 1830 g/mol. The van der Waals surface area contributed by atoms with E-state index in [2.05, 4.69) is 27.2 Å². The second kappa shape index (κ2) is 59.4. The van der Waals surface area contributed by atoms with Gasteiger partial charge in [-0.15, -0.1) is 0 Å². The smallest absolute Gasteiger partial charge is 0.339 e. The van der Waals surface area contributed by atoms with E-state index in [1.54, 1.807) is 0 Å². The fraction of sp³-hybridized carbons (Fsp3) is 0.873. The minimum absolute atomic E-state index is 0.582. The summed E-state index contributed by atoms with van der Waals surface area (Å²) < 4.78 is 12.7. The van der Waals surface area contributed by atoms with Crippen molar-refractivity contribution < 1.29 is 241 Å². The van der Waals surface area contributed by atoms with E-state index in [-0.39, 0.29) is 0 Å². The predicted molar refractivity (Wildman–Crippen MR) is 397 cm³/mol. The van der Waals surface area contributed by atoms with Gasteiger partial charge in [-0.25, -0.2) is 21.9 Å². The van der Waals surface area contributed by atoms with E-state index in [0.29, 0.717) is 9.80 Å². The van der Waals surface area contributed by atoms with Crippen molar-refractivity contribution in [2.24, 2.45) is 10.8 Å². The van der Waals surface area contributed by atoms with Gasteiger partial charge in [-0.1, -0.05) is 0 Å². The number of nitrogens with zero attached hydrogens (tertiary/aromatic N) is 3. The van der Waals surface area contributed by atoms with E-state index in [1.807, 2.05) is 16.0 Å². The molecule has 0 rings (SSSR count). The predicted octanol–water partition coefficient (Wildman–Crippen LogP) is -25.0. The van der Waals surface area contributed by atoms with Gasteiger partial charge in [0.2, 0.25) is 5.91 Å². The molecule has 4 amide bonds. The minimum atomic E-state index is -5.32. The Balaban J connectivity index is 7.67. The molecule has 0 aliphatic rings. The molecule has 0 aliphatic heterocycles. The molecular formula is C63H124N11O48P. The van der Waals surface area contributed by atoms with Gasteiger partial charge in [-0.2, -0.15) is 0 Å². The second-order valence-electron chi connectivity index (χ2n) is 28.8. The van der Waals surface area contributed by atoms with Crippen LogP contribution in [0.25, 0.3) is 0 Å². The standard InChI is InChI=1S/C63H124N11O48P/c1-28(80)42(94)48(100)36(86)16-120-69-24-63(25-70-121-17-37(87)49(101)43(95)31(81)11-75,26-71-122-18-38(88)50(102)44(96)32(82)12-76)19-64-39(89)8-30(61(114)115)74(10-41(92)93)6-4-72(27-123(116,117)118)3-5-73(9-40(90)91)29(60(112)113)2-7-119-68-23-62(20-65-57(109)54(106)51(103)45(97)33(83)13-77,21-66-58(110)55(107)52(104)46(98)34(84)14-78)22-67-59(111)56(108)53(105)47(99)35(85)15-79/h28-38,42-56,68-71,75-88,94-108H,2-27H2,1H3,(H,64,89)(H,65,109)(H,66,110)(H,67,111)(H,90,91)(H,92,93)(H,112,113)(H,114,115)(H2,116,117,118). The number of carbonyl (C=O) groups excluding carboxylic acids is 4. The molecule has 60 heteroatoms. The summed E-state index contributed by atoms with van der Waals surface area (Å²) in [5.41, 5.74) is 5.07. The number of hydroxylamine groups is 4. The summed E-state index contributed by atoms with van der Waals surface area (Å²) >= 11 is 0. The number of carbonyl (C=O) groups is 8. The molecule has 0 saturated heterocycles. The third kappa shape index (κ3) is 42.9. The van der Waals surface area contributed by atoms with Crippen LogP contribution in [0.2, 0.25) is 0 Å². The molecule has 0 aromatic rings. The maximum absolute atomic E-state index is 14.1. The Morgan fingerprint density at radius 1 is 0.350 bits per heavy atom. The van der Waals surface area contributed by atoms with Gasteiger partial charge in [0, 0.05) is 89.4 Å². The van der Waals surface area contributed by atoms with Crippen LogP contribution in [-0.4, -0.2) is 556 Å². The topological polar surface area (TPSA) is 1000 Å². The van der Waals surface area contributed by atoms with Gasteiger partial charge in [0.05, 0.1) is 85.1 Å². The lowest BCUT2D eigenvalue weighted by atomic mass is 9.86. The normalized spacial score (nSPS) is 19.8. The van der Waals surface area contributed by atoms with E-state index < -0.39 is 395 Å². The number of aliphatic hydroxyl groups excluding tert-OH is 29. The van der Waals surface area contributed by atoms with Gasteiger partial charge in [0.15, 0.2) is 18.3 Å². The number of amides is 4. The van der Waals surface area contributed by atoms with Gasteiger partial charge in [0.1, 0.15) is 140 Å². The summed E-state index contributed by atoms with van der Waals surface area (Å²) in [6.45, 7) is -21.8. The molecule has 0 aromatic carbocycles. The highest BCUT2D eigenvalue weighted by Gasteiger charge is 2.44. The van der Waals surface area contributed by atoms with Crippen molar-refractivity contribution >= 4 is 55.1 Å². The van der Waals surface area contributed by atoms with Gasteiger partial charge in [-0.3, -0.25) is 72.1 Å². The summed E-state index contributed by atoms with van der Waals surface area (Å²) in [5.74, 6) is -13.8. The lowest BCUT2D eigenvalue weighted by Gasteiger charge is -2.36. The lowest BCUT2D eigenvalue weighted by Crippen LogP contribution is -2.61. The molecule has 26 atom stereocenters. The Bertz CT molecular complexity index is 2940. The lowest BCUT2D eigenvalue weighted by molar-refractivity contribution is -0.151. The molecule has 0 fully saturated rings. The number of rotatable bonds is 73. The van der Waals surface area contributed by atoms with Gasteiger partial charge in [-0.05, 0) is 13.3 Å². The van der Waals surface area contributed by atoms with E-state index in [4.69, 9.17) is 19.4 Å². The van der Waals surface area contributed by atoms with E-state index in [9.17, 15) is 221 Å². The van der Waals surface area contributed by atoms with Crippen LogP contribution in [0.1, 0.15) is 19.8 Å². The van der Waals surface area contributed by atoms with E-state index in [1.165, 1.54) is 0 Å². The van der Waals surface area contributed by atoms with Crippen LogP contribution in [0.3, 0.4) is 0 Å². The van der Waals surface area contributed by atoms with Crippen molar-refractivity contribution in [2.75, 3.05) is 157 Å². The molecular weight excluding hydrogens is 1710 g/mol. The van der Waals surface area contributed by atoms with Crippen molar-refractivity contribution in [3.05, 3.63) is 0 Å². The van der Waals surface area contributed by atoms with E-state index >= 15 is 0 Å². The Morgan fingerprint density at radius 3 is 0.902 bits per heavy atom. The van der Waals surface area contributed by atoms with Crippen molar-refractivity contribution in [1.82, 2.24) is 57.9 Å². The number of aliphatic carboxylic acids is 4. The number of aliphatic hydroxyl groups is 29. The fourth-order valence-corrected chi connectivity index (χ4v) is 11.6. The van der Waals surface area contributed by atoms with Crippen molar-refractivity contribution in [3.63, 3.8) is 0 Å². The number of carboxylic acids is 4. The molecule has 0 heterocycles. The molecule has 0 spiro atoms. The quantitative estimate of drug-likeness (QED) is 0.0153. The van der Waals surface area contributed by atoms with Crippen molar-refractivity contribution in [2.45, 2.75) is 178 Å². The Labute approximate surface area is 698 Å². The SMILES string of the molecule is CC(O)C(O)C(O)C(O)CONCC(CNOCC(O)C(O)C(O)C(O)CO)(CNOCC(O)C(O)C(O)C(O)CO)CNC(=O)CC(C(=O)O)N(CCN(CCN(CC(=O)O)C(CCONCC(CNC(=O)C(O)C(O)C(O)C(O)CO)(CNC(=O)C(O)C(O)C(O)C(O)CO)CNC(=O)C(O)C(O)C(O)C(O)CO)C(=O)O)CP(=O)(O)O)CC(=O)O. The highest BCUT2D eigenvalue weighted by molar-refractivity contribution is 7.51. The Kier molecular flexibility index (Phi) is 56.7. The molecule has 123 heavy (non-hydrogen) atoms. The van der Waals surface area contributed by atoms with Gasteiger partial charge < -0.3 is 204 Å². The molecule has 0 aromatic heterocycles. The Morgan fingerprint density at radius 2 is 0.618 bits per heavy atom. The molecule has 0 saturated carbocycles. The zero-order valence-electron chi connectivity index (χ0n) is 66.1. The van der Waals surface area contributed by atoms with Crippen LogP contribution in [-0.2, 0) is 62.3 Å². The van der Waals surface area contributed by atoms with Crippen LogP contribution in [0.5, 0.6) is 0 Å². The summed E-state index contributed by atoms with van der Waals surface area (Å²) in [6.07, 6.45) is -57.8. The average molecular weight is 1830 g/mol. The average Bonchev–Trinajstić information content (AvgIpc) is 0.833. The number of hydrogen-bond acceptors (Lipinski definition) is 49. The largest absolute Gasteiger partial charge is 0.480 e. The summed E-state index contributed by atoms with van der Waals surface area (Å²) in [6, 6.07) is -4.30. The molecule has 26 unspecified atom stereocenters. The van der Waals surface area contributed by atoms with Crippen LogP contribution < -0.4 is 43.2 Å². The molecule has 0 radical (unpaired) electrons. The maximum atomic E-state index is 14.1. The van der Waals surface area contributed by atoms with E-state index in [0.717, 1.165) is 11.8 Å². The summed E-state index contributed by atoms with van der Waals surface area (Å²) in [5, 5.41) is 342. The van der Waals surface area contributed by atoms with Gasteiger partial charge in [0.25, 0.3) is 17.7 Å². The first-order chi connectivity index (χ1) is 57.2. The molecule has 0 bridgehead atoms. The molecule has 59 nitrogen and oxygen atoms in total. The fourth-order valence-electron chi connectivity index (χ4n) is 10.8. The van der Waals surface area contributed by atoms with Crippen molar-refractivity contribution in [1.29, 1.82) is 0 Å². The van der Waals surface area contributed by atoms with Crippen LogP contribution in [0.15, 0.2) is 0 Å². The zero-order valence-corrected chi connectivity index (χ0v) is 67.0. The number of hydrogen-bond donors (Lipinski definition) is 43. The van der Waals surface area contributed by atoms with Crippen LogP contribution >= 0.6 is 7.60 Å². The third-order valence-corrected chi connectivity index (χ3v) is 19.6. The summed E-state index contributed by atoms with van der Waals surface area (Å²) in [4.78, 5) is 149. The first-order valence-corrected chi connectivity index (χ1v) is 39.0. The maximum Gasteiger partial charge on any atom is 0.339 e. The Hall–Kier alpha value is -5.69. The zero-order chi connectivity index (χ0) is 94.7. The van der Waals surface area contributed by atoms with Gasteiger partial charge >= 0.3 is 31.5 Å². The van der Waals surface area contributed by atoms with Crippen LogP contribution in [0.4, 0.5) is 0 Å². The molecule has 724 valence electrons. The van der Waals surface area contributed by atoms with Crippen LogP contribution in [0, 0.1) is 10.8 Å². The first-order valence-electron chi connectivity index (χ1n) is 37.2.